The van der Waals surface area contributed by atoms with Crippen molar-refractivity contribution in [1.29, 1.82) is 0 Å². The fourth-order valence-electron chi connectivity index (χ4n) is 1.80. The Labute approximate surface area is 77.9 Å². The van der Waals surface area contributed by atoms with E-state index in [2.05, 4.69) is 0 Å². The van der Waals surface area contributed by atoms with Crippen LogP contribution < -0.4 is 0 Å². The number of ketones is 1. The van der Waals surface area contributed by atoms with Gasteiger partial charge < -0.3 is 4.42 Å². The van der Waals surface area contributed by atoms with Gasteiger partial charge in [-0.15, -0.1) is 0 Å². The van der Waals surface area contributed by atoms with Gasteiger partial charge in [-0.1, -0.05) is 13.8 Å². The number of fused-ring (bicyclic) bond motifs is 1. The second-order valence-electron chi connectivity index (χ2n) is 3.71. The van der Waals surface area contributed by atoms with E-state index >= 15 is 0 Å². The summed E-state index contributed by atoms with van der Waals surface area (Å²) >= 11 is 0. The maximum atomic E-state index is 11.7. The average molecular weight is 178 g/mol. The molecule has 1 unspecified atom stereocenters. The highest BCUT2D eigenvalue weighted by Crippen LogP contribution is 2.28. The molecular weight excluding hydrogens is 164 g/mol. The maximum Gasteiger partial charge on any atom is 0.169 e. The largest absolute Gasteiger partial charge is 0.465 e. The lowest BCUT2D eigenvalue weighted by Gasteiger charge is -2.14. The molecule has 1 aromatic rings. The molecule has 0 saturated carbocycles. The van der Waals surface area contributed by atoms with Crippen molar-refractivity contribution >= 4 is 5.78 Å². The van der Waals surface area contributed by atoms with E-state index in [-0.39, 0.29) is 11.7 Å². The second-order valence-corrected chi connectivity index (χ2v) is 3.71. The molecule has 2 nitrogen and oxygen atoms in total. The fraction of sp³-hybridized carbons (Fsp3) is 0.545. The van der Waals surface area contributed by atoms with E-state index in [9.17, 15) is 4.79 Å². The summed E-state index contributed by atoms with van der Waals surface area (Å²) in [6, 6.07) is 1.91. The van der Waals surface area contributed by atoms with E-state index in [4.69, 9.17) is 4.42 Å². The van der Waals surface area contributed by atoms with Crippen LogP contribution in [-0.2, 0) is 12.8 Å². The molecule has 1 aromatic heterocycles. The fourth-order valence-corrected chi connectivity index (χ4v) is 1.80. The summed E-state index contributed by atoms with van der Waals surface area (Å²) in [7, 11) is 0. The monoisotopic (exact) mass is 178 g/mol. The molecule has 0 aromatic carbocycles. The molecule has 0 aliphatic heterocycles. The lowest BCUT2D eigenvalue weighted by atomic mass is 9.88. The third-order valence-electron chi connectivity index (χ3n) is 2.73. The molecule has 0 saturated heterocycles. The Morgan fingerprint density at radius 1 is 1.62 bits per heavy atom. The third-order valence-corrected chi connectivity index (χ3v) is 2.73. The zero-order valence-electron chi connectivity index (χ0n) is 8.09. The minimum absolute atomic E-state index is 0.176. The quantitative estimate of drug-likeness (QED) is 0.661. The Hall–Kier alpha value is -1.05. The van der Waals surface area contributed by atoms with E-state index in [0.29, 0.717) is 0 Å². The van der Waals surface area contributed by atoms with Gasteiger partial charge in [-0.05, 0) is 12.5 Å². The summed E-state index contributed by atoms with van der Waals surface area (Å²) in [6.07, 6.45) is 2.72. The van der Waals surface area contributed by atoms with Crippen molar-refractivity contribution in [3.8, 4) is 0 Å². The summed E-state index contributed by atoms with van der Waals surface area (Å²) in [5.41, 5.74) is 0.829. The molecule has 1 heterocycles. The molecular formula is C11H14O2. The normalized spacial score (nSPS) is 21.7. The first-order valence-electron chi connectivity index (χ1n) is 4.88. The molecule has 2 rings (SSSR count). The van der Waals surface area contributed by atoms with Crippen LogP contribution in [0.5, 0.6) is 0 Å². The lowest BCUT2D eigenvalue weighted by Crippen LogP contribution is -2.18. The lowest BCUT2D eigenvalue weighted by molar-refractivity contribution is 0.0909. The first kappa shape index (κ1) is 8.54. The van der Waals surface area contributed by atoms with Gasteiger partial charge in [-0.3, -0.25) is 4.79 Å². The van der Waals surface area contributed by atoms with Crippen molar-refractivity contribution in [2.75, 3.05) is 0 Å². The number of furan rings is 1. The van der Waals surface area contributed by atoms with Gasteiger partial charge in [0.2, 0.25) is 0 Å². The topological polar surface area (TPSA) is 30.2 Å². The Bertz CT molecular complexity index is 336. The smallest absolute Gasteiger partial charge is 0.169 e. The molecule has 0 N–H and O–H groups in total. The minimum atomic E-state index is 0.176. The summed E-state index contributed by atoms with van der Waals surface area (Å²) in [6.45, 7) is 4.03. The van der Waals surface area contributed by atoms with Crippen LogP contribution >= 0.6 is 0 Å². The van der Waals surface area contributed by atoms with Gasteiger partial charge in [0.25, 0.3) is 0 Å². The van der Waals surface area contributed by atoms with Crippen molar-refractivity contribution in [2.24, 2.45) is 5.92 Å². The van der Waals surface area contributed by atoms with E-state index in [1.165, 1.54) is 0 Å². The van der Waals surface area contributed by atoms with Crippen molar-refractivity contribution in [1.82, 2.24) is 0 Å². The summed E-state index contributed by atoms with van der Waals surface area (Å²) in [5, 5.41) is 0. The predicted molar refractivity (Wildman–Crippen MR) is 49.9 cm³/mol. The summed E-state index contributed by atoms with van der Waals surface area (Å²) in [4.78, 5) is 11.7. The van der Waals surface area contributed by atoms with Crippen LogP contribution in [0.25, 0.3) is 0 Å². The molecule has 0 amide bonds. The van der Waals surface area contributed by atoms with Gasteiger partial charge in [-0.2, -0.15) is 0 Å². The van der Waals surface area contributed by atoms with Crippen LogP contribution in [0, 0.1) is 5.92 Å². The van der Waals surface area contributed by atoms with Gasteiger partial charge in [0.1, 0.15) is 11.5 Å². The van der Waals surface area contributed by atoms with Crippen LogP contribution in [0.4, 0.5) is 0 Å². The van der Waals surface area contributed by atoms with E-state index in [1.807, 2.05) is 19.9 Å². The Kier molecular flexibility index (Phi) is 1.98. The molecule has 1 atom stereocenters. The zero-order valence-corrected chi connectivity index (χ0v) is 8.09. The second kappa shape index (κ2) is 3.02. The SMILES string of the molecule is CCc1cc2c(o1)CCC(C)C2=O. The van der Waals surface area contributed by atoms with E-state index in [1.54, 1.807) is 0 Å². The minimum Gasteiger partial charge on any atom is -0.465 e. The average Bonchev–Trinajstić information content (AvgIpc) is 2.55. The summed E-state index contributed by atoms with van der Waals surface area (Å²) < 4.78 is 5.55. The van der Waals surface area contributed by atoms with Gasteiger partial charge in [0, 0.05) is 18.8 Å². The highest BCUT2D eigenvalue weighted by Gasteiger charge is 2.27. The van der Waals surface area contributed by atoms with Crippen LogP contribution in [0.3, 0.4) is 0 Å². The third kappa shape index (κ3) is 1.30. The van der Waals surface area contributed by atoms with Crippen LogP contribution in [0.2, 0.25) is 0 Å². The van der Waals surface area contributed by atoms with Crippen molar-refractivity contribution < 1.29 is 9.21 Å². The van der Waals surface area contributed by atoms with Gasteiger partial charge in [0.05, 0.1) is 5.56 Å². The highest BCUT2D eigenvalue weighted by molar-refractivity contribution is 5.99. The molecule has 2 heteroatoms. The van der Waals surface area contributed by atoms with Crippen LogP contribution in [-0.4, -0.2) is 5.78 Å². The number of carbonyl (C=O) groups is 1. The predicted octanol–water partition coefficient (Wildman–Crippen LogP) is 2.61. The number of hydrogen-bond acceptors (Lipinski definition) is 2. The molecule has 70 valence electrons. The Morgan fingerprint density at radius 3 is 3.08 bits per heavy atom. The molecule has 0 bridgehead atoms. The molecule has 0 fully saturated rings. The van der Waals surface area contributed by atoms with Crippen molar-refractivity contribution in [3.63, 3.8) is 0 Å². The van der Waals surface area contributed by atoms with Crippen LogP contribution in [0.15, 0.2) is 10.5 Å². The number of aryl methyl sites for hydroxylation is 2. The molecule has 1 aliphatic rings. The number of Topliss-reactive ketones (excluding diaryl/α,β-unsaturated/α-hetero) is 1. The molecule has 1 aliphatic carbocycles. The number of rotatable bonds is 1. The van der Waals surface area contributed by atoms with E-state index in [0.717, 1.165) is 36.3 Å². The first-order chi connectivity index (χ1) is 6.22. The molecule has 0 radical (unpaired) electrons. The first-order valence-corrected chi connectivity index (χ1v) is 4.88. The standard InChI is InChI=1S/C11H14O2/c1-3-8-6-9-10(13-8)5-4-7(2)11(9)12/h6-7H,3-5H2,1-2H3. The zero-order chi connectivity index (χ0) is 9.42. The van der Waals surface area contributed by atoms with Crippen molar-refractivity contribution in [2.45, 2.75) is 33.1 Å². The van der Waals surface area contributed by atoms with Gasteiger partial charge in [0.15, 0.2) is 5.78 Å². The maximum absolute atomic E-state index is 11.7. The van der Waals surface area contributed by atoms with Gasteiger partial charge >= 0.3 is 0 Å². The van der Waals surface area contributed by atoms with E-state index < -0.39 is 0 Å². The molecule has 13 heavy (non-hydrogen) atoms. The Balaban J connectivity index is 2.42. The van der Waals surface area contributed by atoms with Crippen molar-refractivity contribution in [3.05, 3.63) is 23.2 Å². The Morgan fingerprint density at radius 2 is 2.38 bits per heavy atom. The summed E-state index contributed by atoms with van der Waals surface area (Å²) in [5.74, 6) is 2.27. The number of carbonyl (C=O) groups excluding carboxylic acids is 1. The molecule has 0 spiro atoms. The highest BCUT2D eigenvalue weighted by atomic mass is 16.3. The number of hydrogen-bond donors (Lipinski definition) is 0. The van der Waals surface area contributed by atoms with Gasteiger partial charge in [-0.25, -0.2) is 0 Å². The van der Waals surface area contributed by atoms with Crippen LogP contribution in [0.1, 0.15) is 42.1 Å².